The highest BCUT2D eigenvalue weighted by molar-refractivity contribution is 9.10. The second kappa shape index (κ2) is 5.41. The van der Waals surface area contributed by atoms with Crippen LogP contribution in [-0.4, -0.2) is 17.2 Å². The first-order chi connectivity index (χ1) is 8.61. The lowest BCUT2D eigenvalue weighted by Gasteiger charge is -2.09. The van der Waals surface area contributed by atoms with Crippen molar-refractivity contribution in [1.82, 2.24) is 4.98 Å². The highest BCUT2D eigenvalue weighted by atomic mass is 79.9. The number of benzene rings is 1. The Balaban J connectivity index is 2.29. The molecule has 1 aromatic carbocycles. The number of nitrogens with zero attached hydrogens (tertiary/aromatic N) is 1. The largest absolute Gasteiger partial charge is 0.321 e. The normalized spacial score (nSPS) is 10.1. The van der Waals surface area contributed by atoms with Crippen LogP contribution in [0.15, 0.2) is 28.3 Å². The molecule has 92 valence electrons. The molecule has 0 aliphatic carbocycles. The van der Waals surface area contributed by atoms with E-state index in [2.05, 4.69) is 26.2 Å². The zero-order chi connectivity index (χ0) is 13.1. The maximum absolute atomic E-state index is 11.9. The fourth-order valence-corrected chi connectivity index (χ4v) is 2.49. The van der Waals surface area contributed by atoms with Crippen molar-refractivity contribution in [2.24, 2.45) is 0 Å². The molecule has 4 nitrogen and oxygen atoms in total. The Morgan fingerprint density at radius 3 is 2.89 bits per heavy atom. The minimum Gasteiger partial charge on any atom is -0.321 e. The van der Waals surface area contributed by atoms with Gasteiger partial charge in [0.05, 0.1) is 11.7 Å². The molecule has 0 spiro atoms. The van der Waals surface area contributed by atoms with Crippen molar-refractivity contribution in [3.63, 3.8) is 0 Å². The molecule has 6 heteroatoms. The summed E-state index contributed by atoms with van der Waals surface area (Å²) in [5.41, 5.74) is 3.60. The average Bonchev–Trinajstić information content (AvgIpc) is 2.86. The third kappa shape index (κ3) is 2.65. The first kappa shape index (κ1) is 12.9. The molecule has 0 bridgehead atoms. The van der Waals surface area contributed by atoms with E-state index in [1.165, 1.54) is 17.5 Å². The number of rotatable bonds is 3. The van der Waals surface area contributed by atoms with Crippen LogP contribution < -0.4 is 5.32 Å². The van der Waals surface area contributed by atoms with E-state index in [9.17, 15) is 9.59 Å². The van der Waals surface area contributed by atoms with E-state index in [1.54, 1.807) is 17.6 Å². The lowest BCUT2D eigenvalue weighted by molar-refractivity contribution is 0.102. The number of thiazole rings is 1. The molecular weight excluding hydrogens is 316 g/mol. The standard InChI is InChI=1S/C12H9BrN2O2S/c1-7-2-9(13)8(5-16)3-10(7)15-12(17)11-4-14-6-18-11/h2-6H,1H3,(H,15,17). The molecule has 0 saturated carbocycles. The SMILES string of the molecule is Cc1cc(Br)c(C=O)cc1NC(=O)c1cncs1. The van der Waals surface area contributed by atoms with E-state index < -0.39 is 0 Å². The number of aromatic nitrogens is 1. The zero-order valence-corrected chi connectivity index (χ0v) is 11.8. The van der Waals surface area contributed by atoms with Gasteiger partial charge in [0.2, 0.25) is 0 Å². The molecule has 1 aromatic heterocycles. The summed E-state index contributed by atoms with van der Waals surface area (Å²) in [6.45, 7) is 1.86. The molecule has 0 fully saturated rings. The predicted octanol–water partition coefficient (Wildman–Crippen LogP) is 3.28. The number of hydrogen-bond donors (Lipinski definition) is 1. The minimum absolute atomic E-state index is 0.222. The monoisotopic (exact) mass is 324 g/mol. The van der Waals surface area contributed by atoms with E-state index in [0.29, 0.717) is 20.6 Å². The number of carbonyl (C=O) groups is 2. The van der Waals surface area contributed by atoms with Crippen molar-refractivity contribution in [2.45, 2.75) is 6.92 Å². The van der Waals surface area contributed by atoms with Gasteiger partial charge in [-0.3, -0.25) is 14.6 Å². The molecule has 1 amide bonds. The number of aldehydes is 1. The second-order valence-corrected chi connectivity index (χ2v) is 5.37. The second-order valence-electron chi connectivity index (χ2n) is 3.63. The van der Waals surface area contributed by atoms with Gasteiger partial charge in [0.1, 0.15) is 4.88 Å². The maximum atomic E-state index is 11.9. The third-order valence-corrected chi connectivity index (χ3v) is 3.83. The number of anilines is 1. The quantitative estimate of drug-likeness (QED) is 0.881. The van der Waals surface area contributed by atoms with Crippen molar-refractivity contribution in [3.8, 4) is 0 Å². The van der Waals surface area contributed by atoms with E-state index >= 15 is 0 Å². The van der Waals surface area contributed by atoms with Gasteiger partial charge in [0, 0.05) is 15.7 Å². The number of amides is 1. The van der Waals surface area contributed by atoms with Crippen LogP contribution in [0.5, 0.6) is 0 Å². The molecule has 0 atom stereocenters. The molecule has 2 aromatic rings. The molecule has 0 unspecified atom stereocenters. The molecule has 0 saturated heterocycles. The Morgan fingerprint density at radius 1 is 1.50 bits per heavy atom. The summed E-state index contributed by atoms with van der Waals surface area (Å²) in [4.78, 5) is 27.1. The highest BCUT2D eigenvalue weighted by Gasteiger charge is 2.11. The number of carbonyl (C=O) groups excluding carboxylic acids is 2. The van der Waals surface area contributed by atoms with Crippen molar-refractivity contribution in [3.05, 3.63) is 44.3 Å². The minimum atomic E-state index is -0.222. The Morgan fingerprint density at radius 2 is 2.28 bits per heavy atom. The molecule has 0 radical (unpaired) electrons. The third-order valence-electron chi connectivity index (χ3n) is 2.37. The van der Waals surface area contributed by atoms with E-state index in [4.69, 9.17) is 0 Å². The number of hydrogen-bond acceptors (Lipinski definition) is 4. The van der Waals surface area contributed by atoms with Crippen LogP contribution in [0, 0.1) is 6.92 Å². The molecule has 2 rings (SSSR count). The summed E-state index contributed by atoms with van der Waals surface area (Å²) in [5.74, 6) is -0.222. The lowest BCUT2D eigenvalue weighted by Crippen LogP contribution is -2.11. The van der Waals surface area contributed by atoms with Crippen molar-refractivity contribution in [2.75, 3.05) is 5.32 Å². The van der Waals surface area contributed by atoms with E-state index in [-0.39, 0.29) is 5.91 Å². The van der Waals surface area contributed by atoms with Gasteiger partial charge in [-0.25, -0.2) is 0 Å². The van der Waals surface area contributed by atoms with Gasteiger partial charge in [-0.1, -0.05) is 15.9 Å². The van der Waals surface area contributed by atoms with Crippen LogP contribution in [0.2, 0.25) is 0 Å². The van der Waals surface area contributed by atoms with Crippen molar-refractivity contribution in [1.29, 1.82) is 0 Å². The summed E-state index contributed by atoms with van der Waals surface area (Å²) < 4.78 is 0.714. The Kier molecular flexibility index (Phi) is 3.88. The van der Waals surface area contributed by atoms with E-state index in [1.807, 2.05) is 6.92 Å². The Hall–Kier alpha value is -1.53. The van der Waals surface area contributed by atoms with Crippen LogP contribution in [0.1, 0.15) is 25.6 Å². The van der Waals surface area contributed by atoms with Crippen LogP contribution >= 0.6 is 27.3 Å². The number of halogens is 1. The van der Waals surface area contributed by atoms with Gasteiger partial charge >= 0.3 is 0 Å². The Bertz CT molecular complexity index is 596. The van der Waals surface area contributed by atoms with Crippen LogP contribution in [0.25, 0.3) is 0 Å². The molecule has 18 heavy (non-hydrogen) atoms. The van der Waals surface area contributed by atoms with Gasteiger partial charge in [0.25, 0.3) is 5.91 Å². The highest BCUT2D eigenvalue weighted by Crippen LogP contribution is 2.24. The molecule has 1 N–H and O–H groups in total. The number of aryl methyl sites for hydroxylation is 1. The number of nitrogens with one attached hydrogen (secondary N) is 1. The van der Waals surface area contributed by atoms with Gasteiger partial charge in [-0.05, 0) is 24.6 Å². The molecule has 0 aliphatic rings. The van der Waals surface area contributed by atoms with Gasteiger partial charge in [0.15, 0.2) is 6.29 Å². The van der Waals surface area contributed by atoms with Crippen molar-refractivity contribution < 1.29 is 9.59 Å². The lowest BCUT2D eigenvalue weighted by atomic mass is 10.1. The summed E-state index contributed by atoms with van der Waals surface area (Å²) in [7, 11) is 0. The fourth-order valence-electron chi connectivity index (χ4n) is 1.43. The van der Waals surface area contributed by atoms with Gasteiger partial charge in [-0.2, -0.15) is 0 Å². The first-order valence-electron chi connectivity index (χ1n) is 5.07. The molecule has 1 heterocycles. The van der Waals surface area contributed by atoms with E-state index in [0.717, 1.165) is 11.8 Å². The summed E-state index contributed by atoms with van der Waals surface area (Å²) in [5, 5.41) is 2.77. The van der Waals surface area contributed by atoms with Gasteiger partial charge < -0.3 is 5.32 Å². The Labute approximate surface area is 116 Å². The summed E-state index contributed by atoms with van der Waals surface area (Å²) >= 11 is 4.56. The topological polar surface area (TPSA) is 59.1 Å². The van der Waals surface area contributed by atoms with Crippen LogP contribution in [0.4, 0.5) is 5.69 Å². The zero-order valence-electron chi connectivity index (χ0n) is 9.44. The smallest absolute Gasteiger partial charge is 0.267 e. The predicted molar refractivity (Wildman–Crippen MR) is 74.3 cm³/mol. The van der Waals surface area contributed by atoms with Gasteiger partial charge in [-0.15, -0.1) is 11.3 Å². The maximum Gasteiger partial charge on any atom is 0.267 e. The summed E-state index contributed by atoms with van der Waals surface area (Å²) in [6.07, 6.45) is 2.25. The fraction of sp³-hybridized carbons (Fsp3) is 0.0833. The van der Waals surface area contributed by atoms with Crippen LogP contribution in [0.3, 0.4) is 0 Å². The average molecular weight is 325 g/mol. The van der Waals surface area contributed by atoms with Crippen LogP contribution in [-0.2, 0) is 0 Å². The molecular formula is C12H9BrN2O2S. The summed E-state index contributed by atoms with van der Waals surface area (Å²) in [6, 6.07) is 3.44. The first-order valence-corrected chi connectivity index (χ1v) is 6.74. The van der Waals surface area contributed by atoms with Crippen molar-refractivity contribution >= 4 is 45.1 Å². The molecule has 0 aliphatic heterocycles.